The van der Waals surface area contributed by atoms with Crippen LogP contribution in [0, 0.1) is 40.4 Å². The lowest BCUT2D eigenvalue weighted by Gasteiger charge is -2.58. The average Bonchev–Trinajstić information content (AvgIpc) is 2.92. The molecule has 154 valence electrons. The van der Waals surface area contributed by atoms with Crippen LogP contribution in [0.4, 0.5) is 0 Å². The molecule has 0 radical (unpaired) electrons. The Kier molecular flexibility index (Phi) is 4.70. The fourth-order valence-corrected chi connectivity index (χ4v) is 7.67. The molecule has 0 spiro atoms. The summed E-state index contributed by atoms with van der Waals surface area (Å²) < 4.78 is 0. The van der Waals surface area contributed by atoms with Gasteiger partial charge >= 0.3 is 0 Å². The summed E-state index contributed by atoms with van der Waals surface area (Å²) in [5.41, 5.74) is 1.85. The fraction of sp³-hybridized carbons (Fsp3) is 0.727. The van der Waals surface area contributed by atoms with Crippen molar-refractivity contribution in [3.63, 3.8) is 0 Å². The van der Waals surface area contributed by atoms with Crippen molar-refractivity contribution in [1.29, 1.82) is 0 Å². The lowest BCUT2D eigenvalue weighted by Crippen LogP contribution is -2.56. The van der Waals surface area contributed by atoms with E-state index in [0.29, 0.717) is 35.6 Å². The van der Waals surface area contributed by atoms with Gasteiger partial charge in [0, 0.05) is 17.3 Å². The Bertz CT molecular complexity index is 772. The molecule has 4 rings (SSSR count). The Morgan fingerprint density at radius 1 is 1.29 bits per heavy atom. The maximum Gasteiger partial charge on any atom is 0.102 e. The number of aliphatic hydroxyl groups excluding tert-OH is 2. The SMILES string of the molecule is C[C@@H]1C[C@H]2[C@@H]3CCC4=C/C(=N/O)C=C[C@]4(C)[C@H]3[C@@H](O)C[C@]2(C)[C@H]1/C(CO)=N/O. The van der Waals surface area contributed by atoms with Crippen molar-refractivity contribution in [2.75, 3.05) is 6.61 Å². The molecule has 0 unspecified atom stereocenters. The average molecular weight is 389 g/mol. The van der Waals surface area contributed by atoms with E-state index in [1.807, 2.05) is 12.2 Å². The molecule has 0 amide bonds. The van der Waals surface area contributed by atoms with E-state index in [1.165, 1.54) is 5.57 Å². The van der Waals surface area contributed by atoms with Crippen LogP contribution in [-0.4, -0.2) is 44.8 Å². The van der Waals surface area contributed by atoms with Gasteiger partial charge in [0.1, 0.15) is 5.71 Å². The maximum absolute atomic E-state index is 11.4. The highest BCUT2D eigenvalue weighted by Gasteiger charge is 2.63. The molecule has 0 aromatic carbocycles. The zero-order valence-corrected chi connectivity index (χ0v) is 16.9. The van der Waals surface area contributed by atoms with Gasteiger partial charge in [0.25, 0.3) is 0 Å². The predicted molar refractivity (Wildman–Crippen MR) is 107 cm³/mol. The van der Waals surface area contributed by atoms with Crippen molar-refractivity contribution in [3.8, 4) is 0 Å². The molecule has 0 aromatic heterocycles. The molecule has 0 aromatic rings. The number of nitrogens with zero attached hydrogens (tertiary/aromatic N) is 2. The van der Waals surface area contributed by atoms with Crippen LogP contribution in [0.5, 0.6) is 0 Å². The van der Waals surface area contributed by atoms with Gasteiger partial charge in [-0.15, -0.1) is 0 Å². The number of aliphatic hydroxyl groups is 2. The van der Waals surface area contributed by atoms with Crippen molar-refractivity contribution in [3.05, 3.63) is 23.8 Å². The third kappa shape index (κ3) is 2.53. The van der Waals surface area contributed by atoms with E-state index in [9.17, 15) is 15.4 Å². The van der Waals surface area contributed by atoms with Crippen molar-refractivity contribution in [1.82, 2.24) is 0 Å². The second-order valence-corrected chi connectivity index (χ2v) is 9.86. The molecule has 0 bridgehead atoms. The van der Waals surface area contributed by atoms with Gasteiger partial charge in [-0.3, -0.25) is 0 Å². The summed E-state index contributed by atoms with van der Waals surface area (Å²) >= 11 is 0. The molecule has 4 aliphatic rings. The summed E-state index contributed by atoms with van der Waals surface area (Å²) in [5.74, 6) is 1.21. The maximum atomic E-state index is 11.4. The van der Waals surface area contributed by atoms with Gasteiger partial charge in [-0.25, -0.2) is 0 Å². The van der Waals surface area contributed by atoms with Crippen LogP contribution in [0.2, 0.25) is 0 Å². The minimum atomic E-state index is -0.469. The molecule has 6 heteroatoms. The second-order valence-electron chi connectivity index (χ2n) is 9.86. The first-order valence-corrected chi connectivity index (χ1v) is 10.4. The Balaban J connectivity index is 1.73. The van der Waals surface area contributed by atoms with E-state index in [1.54, 1.807) is 0 Å². The number of allylic oxidation sites excluding steroid dienone is 4. The first kappa shape index (κ1) is 19.6. The fourth-order valence-electron chi connectivity index (χ4n) is 7.67. The lowest BCUT2D eigenvalue weighted by atomic mass is 9.46. The van der Waals surface area contributed by atoms with Gasteiger partial charge in [-0.2, -0.15) is 0 Å². The highest BCUT2D eigenvalue weighted by molar-refractivity contribution is 6.05. The number of hydrogen-bond acceptors (Lipinski definition) is 6. The van der Waals surface area contributed by atoms with Crippen LogP contribution in [0.15, 0.2) is 34.1 Å². The molecular formula is C22H32N2O4. The standard InChI is InChI=1S/C22H32N2O4/c1-12-8-16-15-5-4-13-9-14(23-27)6-7-21(13,2)20(15)18(26)10-22(16,3)19(12)17(11-25)24-28/h6-7,9,12,15-16,18-20,25-28H,4-5,8,10-11H2,1-3H3/b23-14+,24-17+/t12-,15+,16+,18+,19-,20-,21+,22+/m1/s1. The summed E-state index contributed by atoms with van der Waals surface area (Å²) in [5, 5.41) is 46.5. The summed E-state index contributed by atoms with van der Waals surface area (Å²) in [4.78, 5) is 0. The number of rotatable bonds is 2. The normalized spacial score (nSPS) is 49.4. The quantitative estimate of drug-likeness (QED) is 0.331. The molecule has 6 nitrogen and oxygen atoms in total. The second kappa shape index (κ2) is 6.70. The molecule has 3 saturated carbocycles. The molecule has 3 fully saturated rings. The first-order chi connectivity index (χ1) is 13.3. The summed E-state index contributed by atoms with van der Waals surface area (Å²) in [6, 6.07) is 0. The van der Waals surface area contributed by atoms with E-state index < -0.39 is 6.10 Å². The Labute approximate surface area is 166 Å². The van der Waals surface area contributed by atoms with Crippen LogP contribution in [0.3, 0.4) is 0 Å². The van der Waals surface area contributed by atoms with Crippen molar-refractivity contribution in [2.24, 2.45) is 50.7 Å². The van der Waals surface area contributed by atoms with Crippen LogP contribution in [0.25, 0.3) is 0 Å². The van der Waals surface area contributed by atoms with Crippen molar-refractivity contribution in [2.45, 2.75) is 52.6 Å². The minimum absolute atomic E-state index is 0.0112. The van der Waals surface area contributed by atoms with E-state index in [0.717, 1.165) is 19.3 Å². The molecule has 28 heavy (non-hydrogen) atoms. The van der Waals surface area contributed by atoms with Crippen LogP contribution < -0.4 is 0 Å². The van der Waals surface area contributed by atoms with E-state index in [2.05, 4.69) is 37.2 Å². The van der Waals surface area contributed by atoms with Crippen LogP contribution in [-0.2, 0) is 0 Å². The van der Waals surface area contributed by atoms with Crippen LogP contribution >= 0.6 is 0 Å². The van der Waals surface area contributed by atoms with Gasteiger partial charge in [0.15, 0.2) is 0 Å². The smallest absolute Gasteiger partial charge is 0.102 e. The summed E-state index contributed by atoms with van der Waals surface area (Å²) in [7, 11) is 0. The highest BCUT2D eigenvalue weighted by Crippen LogP contribution is 2.67. The molecular weight excluding hydrogens is 356 g/mol. The molecule has 4 aliphatic carbocycles. The molecule has 0 heterocycles. The number of oxime groups is 2. The monoisotopic (exact) mass is 388 g/mol. The van der Waals surface area contributed by atoms with Gasteiger partial charge in [0.05, 0.1) is 18.4 Å². The Morgan fingerprint density at radius 3 is 2.68 bits per heavy atom. The summed E-state index contributed by atoms with van der Waals surface area (Å²) in [6.07, 6.45) is 9.07. The number of fused-ring (bicyclic) bond motifs is 5. The first-order valence-electron chi connectivity index (χ1n) is 10.4. The van der Waals surface area contributed by atoms with Crippen molar-refractivity contribution < 1.29 is 20.6 Å². The molecule has 0 aliphatic heterocycles. The van der Waals surface area contributed by atoms with E-state index >= 15 is 0 Å². The Morgan fingerprint density at radius 2 is 2.04 bits per heavy atom. The lowest BCUT2D eigenvalue weighted by molar-refractivity contribution is -0.109. The molecule has 8 atom stereocenters. The molecule has 4 N–H and O–H groups in total. The topological polar surface area (TPSA) is 106 Å². The van der Waals surface area contributed by atoms with Crippen LogP contribution in [0.1, 0.15) is 46.5 Å². The third-order valence-electron chi connectivity index (χ3n) is 8.61. The third-order valence-corrected chi connectivity index (χ3v) is 8.61. The van der Waals surface area contributed by atoms with Gasteiger partial charge in [-0.1, -0.05) is 42.7 Å². The predicted octanol–water partition coefficient (Wildman–Crippen LogP) is 3.21. The minimum Gasteiger partial charge on any atom is -0.411 e. The van der Waals surface area contributed by atoms with E-state index in [4.69, 9.17) is 5.21 Å². The number of hydrogen-bond donors (Lipinski definition) is 4. The summed E-state index contributed by atoms with van der Waals surface area (Å²) in [6.45, 7) is 6.36. The Hall–Kier alpha value is -1.66. The zero-order chi connectivity index (χ0) is 20.3. The van der Waals surface area contributed by atoms with Gasteiger partial charge < -0.3 is 20.6 Å². The van der Waals surface area contributed by atoms with Gasteiger partial charge in [0.2, 0.25) is 0 Å². The van der Waals surface area contributed by atoms with E-state index in [-0.39, 0.29) is 29.3 Å². The molecule has 0 saturated heterocycles. The van der Waals surface area contributed by atoms with Crippen molar-refractivity contribution >= 4 is 11.4 Å². The zero-order valence-electron chi connectivity index (χ0n) is 16.9. The van der Waals surface area contributed by atoms with Gasteiger partial charge in [-0.05, 0) is 61.0 Å². The highest BCUT2D eigenvalue weighted by atomic mass is 16.4. The largest absolute Gasteiger partial charge is 0.411 e.